The molecule has 26 heavy (non-hydrogen) atoms. The van der Waals surface area contributed by atoms with Crippen LogP contribution in [-0.2, 0) is 4.74 Å². The number of carbonyl (C=O) groups is 1. The number of anilines is 1. The Bertz CT molecular complexity index is 775. The van der Waals surface area contributed by atoms with Gasteiger partial charge in [0, 0.05) is 43.0 Å². The summed E-state index contributed by atoms with van der Waals surface area (Å²) in [5, 5.41) is 0.719. The first-order valence-corrected chi connectivity index (χ1v) is 9.46. The average Bonchev–Trinajstić information content (AvgIpc) is 3.23. The molecule has 0 bridgehead atoms. The van der Waals surface area contributed by atoms with Gasteiger partial charge in [-0.2, -0.15) is 0 Å². The molecule has 4 rings (SSSR count). The van der Waals surface area contributed by atoms with Crippen molar-refractivity contribution in [3.8, 4) is 0 Å². The molecular weight excluding hydrogens is 350 g/mol. The summed E-state index contributed by atoms with van der Waals surface area (Å²) in [4.78, 5) is 21.2. The number of rotatable bonds is 3. The number of pyridine rings is 1. The van der Waals surface area contributed by atoms with Gasteiger partial charge in [-0.15, -0.1) is 0 Å². The number of carbonyl (C=O) groups excluding carboxylic acids is 1. The summed E-state index contributed by atoms with van der Waals surface area (Å²) in [7, 11) is 0. The Hall–Kier alpha value is -2.11. The average molecular weight is 372 g/mol. The summed E-state index contributed by atoms with van der Waals surface area (Å²) in [6.45, 7) is 3.80. The Morgan fingerprint density at radius 1 is 1.12 bits per heavy atom. The molecule has 6 heteroatoms. The standard InChI is InChI=1S/C20H22ClN3O2/c21-17-5-3-15(4-6-17)18-14-24(11-12-26-18)19-13-16(7-8-22-19)20(25)23-9-1-2-10-23/h3-8,13,18H,1-2,9-12,14H2/t18-/m0/s1. The maximum Gasteiger partial charge on any atom is 0.254 e. The van der Waals surface area contributed by atoms with Gasteiger partial charge in [0.1, 0.15) is 11.9 Å². The second kappa shape index (κ2) is 7.64. The molecule has 2 aromatic rings. The van der Waals surface area contributed by atoms with Crippen LogP contribution in [0.1, 0.15) is 34.9 Å². The van der Waals surface area contributed by atoms with Crippen molar-refractivity contribution in [3.63, 3.8) is 0 Å². The molecule has 2 fully saturated rings. The second-order valence-corrected chi connectivity index (χ2v) is 7.20. The van der Waals surface area contributed by atoms with E-state index in [4.69, 9.17) is 16.3 Å². The van der Waals surface area contributed by atoms with Gasteiger partial charge in [0.25, 0.3) is 5.91 Å². The molecule has 3 heterocycles. The minimum atomic E-state index is -0.0271. The quantitative estimate of drug-likeness (QED) is 0.827. The number of benzene rings is 1. The number of nitrogens with zero attached hydrogens (tertiary/aromatic N) is 3. The van der Waals surface area contributed by atoms with Gasteiger partial charge in [0.15, 0.2) is 0 Å². The number of hydrogen-bond acceptors (Lipinski definition) is 4. The summed E-state index contributed by atoms with van der Waals surface area (Å²) < 4.78 is 5.93. The van der Waals surface area contributed by atoms with Crippen LogP contribution in [0.4, 0.5) is 5.82 Å². The van der Waals surface area contributed by atoms with Gasteiger partial charge in [0.2, 0.25) is 0 Å². The van der Waals surface area contributed by atoms with Gasteiger partial charge in [-0.3, -0.25) is 4.79 Å². The molecule has 2 saturated heterocycles. The first-order valence-electron chi connectivity index (χ1n) is 9.08. The highest BCUT2D eigenvalue weighted by Crippen LogP contribution is 2.26. The molecule has 0 radical (unpaired) electrons. The van der Waals surface area contributed by atoms with Crippen LogP contribution in [0.25, 0.3) is 0 Å². The van der Waals surface area contributed by atoms with Crippen LogP contribution in [0, 0.1) is 0 Å². The first kappa shape index (κ1) is 17.3. The third kappa shape index (κ3) is 3.69. The molecule has 0 saturated carbocycles. The van der Waals surface area contributed by atoms with Crippen molar-refractivity contribution in [2.75, 3.05) is 37.7 Å². The van der Waals surface area contributed by atoms with Crippen LogP contribution >= 0.6 is 11.6 Å². The largest absolute Gasteiger partial charge is 0.370 e. The number of morpholine rings is 1. The molecular formula is C20H22ClN3O2. The zero-order valence-corrected chi connectivity index (χ0v) is 15.4. The molecule has 1 atom stereocenters. The van der Waals surface area contributed by atoms with Crippen molar-refractivity contribution >= 4 is 23.3 Å². The van der Waals surface area contributed by atoms with Gasteiger partial charge < -0.3 is 14.5 Å². The summed E-state index contributed by atoms with van der Waals surface area (Å²) in [6.07, 6.45) is 3.89. The van der Waals surface area contributed by atoms with Crippen molar-refractivity contribution in [1.82, 2.24) is 9.88 Å². The van der Waals surface area contributed by atoms with Gasteiger partial charge in [-0.1, -0.05) is 23.7 Å². The van der Waals surface area contributed by atoms with Crippen LogP contribution in [0.3, 0.4) is 0 Å². The van der Waals surface area contributed by atoms with E-state index in [1.54, 1.807) is 12.3 Å². The lowest BCUT2D eigenvalue weighted by atomic mass is 10.1. The lowest BCUT2D eigenvalue weighted by Crippen LogP contribution is -2.39. The van der Waals surface area contributed by atoms with E-state index in [2.05, 4.69) is 9.88 Å². The highest BCUT2D eigenvalue weighted by atomic mass is 35.5. The van der Waals surface area contributed by atoms with E-state index in [1.165, 1.54) is 0 Å². The molecule has 2 aliphatic heterocycles. The normalized spacial score (nSPS) is 20.4. The summed E-state index contributed by atoms with van der Waals surface area (Å²) in [6, 6.07) is 11.5. The van der Waals surface area contributed by atoms with Crippen molar-refractivity contribution < 1.29 is 9.53 Å². The minimum absolute atomic E-state index is 0.0271. The highest BCUT2D eigenvalue weighted by Gasteiger charge is 2.25. The van der Waals surface area contributed by atoms with E-state index < -0.39 is 0 Å². The number of ether oxygens (including phenoxy) is 1. The molecule has 1 amide bonds. The lowest BCUT2D eigenvalue weighted by Gasteiger charge is -2.34. The fourth-order valence-corrected chi connectivity index (χ4v) is 3.69. The number of aromatic nitrogens is 1. The Labute approximate surface area is 158 Å². The van der Waals surface area contributed by atoms with Crippen LogP contribution in [0.2, 0.25) is 5.02 Å². The van der Waals surface area contributed by atoms with Crippen LogP contribution in [0.5, 0.6) is 0 Å². The summed E-state index contributed by atoms with van der Waals surface area (Å²) in [5.74, 6) is 0.936. The molecule has 2 aliphatic rings. The SMILES string of the molecule is O=C(c1ccnc(N2CCO[C@H](c3ccc(Cl)cc3)C2)c1)N1CCCC1. The number of hydrogen-bond donors (Lipinski definition) is 0. The molecule has 136 valence electrons. The zero-order chi connectivity index (χ0) is 17.9. The Morgan fingerprint density at radius 3 is 2.65 bits per heavy atom. The summed E-state index contributed by atoms with van der Waals surface area (Å²) >= 11 is 5.98. The smallest absolute Gasteiger partial charge is 0.254 e. The molecule has 1 aromatic carbocycles. The van der Waals surface area contributed by atoms with Crippen molar-refractivity contribution in [2.45, 2.75) is 18.9 Å². The number of amides is 1. The topological polar surface area (TPSA) is 45.7 Å². The predicted octanol–water partition coefficient (Wildman–Crippen LogP) is 3.55. The number of halogens is 1. The Kier molecular flexibility index (Phi) is 5.09. The maximum absolute atomic E-state index is 12.6. The van der Waals surface area contributed by atoms with E-state index in [0.29, 0.717) is 18.7 Å². The Balaban J connectivity index is 1.50. The molecule has 1 aromatic heterocycles. The van der Waals surface area contributed by atoms with Crippen molar-refractivity contribution in [2.24, 2.45) is 0 Å². The highest BCUT2D eigenvalue weighted by molar-refractivity contribution is 6.30. The molecule has 0 aliphatic carbocycles. The maximum atomic E-state index is 12.6. The van der Waals surface area contributed by atoms with E-state index in [0.717, 1.165) is 48.9 Å². The third-order valence-corrected chi connectivity index (χ3v) is 5.27. The van der Waals surface area contributed by atoms with E-state index in [9.17, 15) is 4.79 Å². The molecule has 5 nitrogen and oxygen atoms in total. The van der Waals surface area contributed by atoms with Gasteiger partial charge >= 0.3 is 0 Å². The molecule has 0 N–H and O–H groups in total. The molecule has 0 spiro atoms. The minimum Gasteiger partial charge on any atom is -0.370 e. The zero-order valence-electron chi connectivity index (χ0n) is 14.6. The Morgan fingerprint density at radius 2 is 1.88 bits per heavy atom. The first-order chi connectivity index (χ1) is 12.7. The van der Waals surface area contributed by atoms with E-state index in [-0.39, 0.29) is 12.0 Å². The number of likely N-dealkylation sites (tertiary alicyclic amines) is 1. The van der Waals surface area contributed by atoms with Crippen LogP contribution < -0.4 is 4.90 Å². The summed E-state index contributed by atoms with van der Waals surface area (Å²) in [5.41, 5.74) is 1.81. The van der Waals surface area contributed by atoms with E-state index >= 15 is 0 Å². The van der Waals surface area contributed by atoms with Gasteiger partial charge in [-0.25, -0.2) is 4.98 Å². The van der Waals surface area contributed by atoms with Crippen LogP contribution in [-0.4, -0.2) is 48.6 Å². The van der Waals surface area contributed by atoms with Crippen molar-refractivity contribution in [1.29, 1.82) is 0 Å². The fraction of sp³-hybridized carbons (Fsp3) is 0.400. The second-order valence-electron chi connectivity index (χ2n) is 6.76. The lowest BCUT2D eigenvalue weighted by molar-refractivity contribution is 0.0395. The van der Waals surface area contributed by atoms with Gasteiger partial charge in [0.05, 0.1) is 6.61 Å². The fourth-order valence-electron chi connectivity index (χ4n) is 3.56. The van der Waals surface area contributed by atoms with E-state index in [1.807, 2.05) is 35.2 Å². The monoisotopic (exact) mass is 371 g/mol. The predicted molar refractivity (Wildman–Crippen MR) is 102 cm³/mol. The van der Waals surface area contributed by atoms with Gasteiger partial charge in [-0.05, 0) is 42.7 Å². The molecule has 0 unspecified atom stereocenters. The third-order valence-electron chi connectivity index (χ3n) is 5.02. The van der Waals surface area contributed by atoms with Crippen LogP contribution in [0.15, 0.2) is 42.6 Å². The van der Waals surface area contributed by atoms with Crippen molar-refractivity contribution in [3.05, 3.63) is 58.7 Å².